The van der Waals surface area contributed by atoms with Crippen molar-refractivity contribution in [1.29, 1.82) is 0 Å². The van der Waals surface area contributed by atoms with Crippen LogP contribution in [0, 0.1) is 5.41 Å². The highest BCUT2D eigenvalue weighted by Gasteiger charge is 2.55. The van der Waals surface area contributed by atoms with Crippen LogP contribution in [0.15, 0.2) is 42.7 Å². The Morgan fingerprint density at radius 1 is 1.07 bits per heavy atom. The van der Waals surface area contributed by atoms with Gasteiger partial charge in [-0.05, 0) is 54.5 Å². The van der Waals surface area contributed by atoms with Gasteiger partial charge in [0, 0.05) is 36.5 Å². The molecule has 1 unspecified atom stereocenters. The Morgan fingerprint density at radius 2 is 1.71 bits per heavy atom. The van der Waals surface area contributed by atoms with Crippen molar-refractivity contribution < 1.29 is 5.11 Å². The van der Waals surface area contributed by atoms with E-state index in [0.717, 1.165) is 24.2 Å². The molecule has 3 heteroatoms. The highest BCUT2D eigenvalue weighted by Crippen LogP contribution is 2.50. The van der Waals surface area contributed by atoms with Crippen molar-refractivity contribution >= 4 is 0 Å². The first-order chi connectivity index (χ1) is 13.3. The second kappa shape index (κ2) is 7.27. The van der Waals surface area contributed by atoms with E-state index in [1.807, 2.05) is 12.4 Å². The number of hydrogen-bond acceptors (Lipinski definition) is 3. The Labute approximate surface area is 169 Å². The normalized spacial score (nSPS) is 22.2. The molecule has 1 aromatic carbocycles. The fraction of sp³-hybridized carbons (Fsp3) is 0.560. The van der Waals surface area contributed by atoms with Crippen molar-refractivity contribution in [1.82, 2.24) is 9.88 Å². The third kappa shape index (κ3) is 3.19. The summed E-state index contributed by atoms with van der Waals surface area (Å²) in [7, 11) is 2.12. The second-order valence-electron chi connectivity index (χ2n) is 9.71. The topological polar surface area (TPSA) is 36.4 Å². The van der Waals surface area contributed by atoms with Crippen LogP contribution in [0.25, 0.3) is 0 Å². The zero-order valence-electron chi connectivity index (χ0n) is 17.8. The molecule has 2 heterocycles. The monoisotopic (exact) mass is 378 g/mol. The van der Waals surface area contributed by atoms with Crippen LogP contribution in [0.1, 0.15) is 80.5 Å². The summed E-state index contributed by atoms with van der Waals surface area (Å²) in [6, 6.07) is 10.8. The molecule has 1 saturated heterocycles. The molecule has 0 radical (unpaired) electrons. The molecule has 1 N–H and O–H groups in total. The first-order valence-corrected chi connectivity index (χ1v) is 10.8. The van der Waals surface area contributed by atoms with Gasteiger partial charge in [-0.3, -0.25) is 4.98 Å². The van der Waals surface area contributed by atoms with Crippen molar-refractivity contribution in [3.63, 3.8) is 0 Å². The average Bonchev–Trinajstić information content (AvgIpc) is 3.21. The Bertz CT molecular complexity index is 817. The zero-order chi connectivity index (χ0) is 19.9. The van der Waals surface area contributed by atoms with Crippen molar-refractivity contribution in [3.8, 4) is 0 Å². The van der Waals surface area contributed by atoms with Gasteiger partial charge < -0.3 is 10.0 Å². The van der Waals surface area contributed by atoms with E-state index in [9.17, 15) is 5.11 Å². The predicted molar refractivity (Wildman–Crippen MR) is 115 cm³/mol. The number of likely N-dealkylation sites (tertiary alicyclic amines) is 1. The summed E-state index contributed by atoms with van der Waals surface area (Å²) < 4.78 is 0. The Hall–Kier alpha value is -1.71. The highest BCUT2D eigenvalue weighted by atomic mass is 16.3. The fourth-order valence-corrected chi connectivity index (χ4v) is 5.48. The Balaban J connectivity index is 1.79. The number of benzene rings is 1. The molecular weight excluding hydrogens is 344 g/mol. The van der Waals surface area contributed by atoms with Gasteiger partial charge >= 0.3 is 0 Å². The van der Waals surface area contributed by atoms with Gasteiger partial charge in [0.05, 0.1) is 0 Å². The van der Waals surface area contributed by atoms with Crippen LogP contribution in [0.5, 0.6) is 0 Å². The van der Waals surface area contributed by atoms with Gasteiger partial charge in [0.25, 0.3) is 0 Å². The molecule has 1 saturated carbocycles. The van der Waals surface area contributed by atoms with E-state index in [-0.39, 0.29) is 5.41 Å². The molecule has 2 fully saturated rings. The van der Waals surface area contributed by atoms with Crippen LogP contribution < -0.4 is 0 Å². The molecular formula is C25H34N2O. The van der Waals surface area contributed by atoms with Gasteiger partial charge in [-0.2, -0.15) is 0 Å². The minimum Gasteiger partial charge on any atom is -0.380 e. The van der Waals surface area contributed by atoms with E-state index in [2.05, 4.69) is 68.0 Å². The van der Waals surface area contributed by atoms with Crippen LogP contribution >= 0.6 is 0 Å². The molecule has 4 rings (SSSR count). The average molecular weight is 379 g/mol. The molecule has 28 heavy (non-hydrogen) atoms. The van der Waals surface area contributed by atoms with E-state index in [0.29, 0.717) is 11.8 Å². The van der Waals surface area contributed by atoms with E-state index < -0.39 is 5.60 Å². The quantitative estimate of drug-likeness (QED) is 0.791. The van der Waals surface area contributed by atoms with E-state index in [1.165, 1.54) is 36.8 Å². The second-order valence-corrected chi connectivity index (χ2v) is 9.71. The molecule has 0 spiro atoms. The summed E-state index contributed by atoms with van der Waals surface area (Å²) in [6.07, 6.45) is 8.99. The van der Waals surface area contributed by atoms with Crippen molar-refractivity contribution in [2.75, 3.05) is 20.1 Å². The van der Waals surface area contributed by atoms with E-state index in [4.69, 9.17) is 0 Å². The van der Waals surface area contributed by atoms with Gasteiger partial charge in [0.2, 0.25) is 0 Å². The molecule has 1 aliphatic carbocycles. The smallest absolute Gasteiger partial charge is 0.124 e. The molecule has 1 aliphatic heterocycles. The molecule has 1 atom stereocenters. The van der Waals surface area contributed by atoms with Crippen molar-refractivity contribution in [2.45, 2.75) is 63.9 Å². The molecule has 0 bridgehead atoms. The summed E-state index contributed by atoms with van der Waals surface area (Å²) in [5.74, 6) is 1.08. The number of rotatable bonds is 5. The summed E-state index contributed by atoms with van der Waals surface area (Å²) in [4.78, 5) is 6.86. The lowest BCUT2D eigenvalue weighted by molar-refractivity contribution is -0.127. The number of aromatic nitrogens is 1. The lowest BCUT2D eigenvalue weighted by Gasteiger charge is -2.56. The number of hydrogen-bond donors (Lipinski definition) is 1. The van der Waals surface area contributed by atoms with Crippen LogP contribution in [-0.4, -0.2) is 35.1 Å². The maximum Gasteiger partial charge on any atom is 0.124 e. The van der Waals surface area contributed by atoms with Crippen molar-refractivity contribution in [2.24, 2.45) is 5.41 Å². The summed E-state index contributed by atoms with van der Waals surface area (Å²) in [6.45, 7) is 8.38. The van der Waals surface area contributed by atoms with Gasteiger partial charge in [-0.1, -0.05) is 57.9 Å². The Morgan fingerprint density at radius 3 is 2.29 bits per heavy atom. The lowest BCUT2D eigenvalue weighted by Crippen LogP contribution is -2.63. The SMILES string of the molecule is CC(C)c1ccc(C(O)(c2cncc(C3CCCC3)c2)C2(C)CN(C)C2)cc1. The molecule has 3 nitrogen and oxygen atoms in total. The fourth-order valence-electron chi connectivity index (χ4n) is 5.48. The summed E-state index contributed by atoms with van der Waals surface area (Å²) in [5.41, 5.74) is 3.28. The zero-order valence-corrected chi connectivity index (χ0v) is 17.8. The maximum atomic E-state index is 12.3. The van der Waals surface area contributed by atoms with Gasteiger partial charge in [-0.25, -0.2) is 0 Å². The van der Waals surface area contributed by atoms with Crippen LogP contribution in [0.2, 0.25) is 0 Å². The highest BCUT2D eigenvalue weighted by molar-refractivity contribution is 5.42. The van der Waals surface area contributed by atoms with E-state index in [1.54, 1.807) is 0 Å². The standard InChI is InChI=1S/C25H34N2O/c1-18(2)19-9-11-22(12-10-19)25(28,24(3)16-27(4)17-24)23-13-21(14-26-15-23)20-7-5-6-8-20/h9-15,18,20,28H,5-8,16-17H2,1-4H3. The largest absolute Gasteiger partial charge is 0.380 e. The predicted octanol–water partition coefficient (Wildman–Crippen LogP) is 5.05. The van der Waals surface area contributed by atoms with Gasteiger partial charge in [0.1, 0.15) is 5.60 Å². The molecule has 2 aliphatic rings. The first kappa shape index (κ1) is 19.6. The van der Waals surface area contributed by atoms with Gasteiger partial charge in [-0.15, -0.1) is 0 Å². The molecule has 1 aromatic heterocycles. The number of pyridine rings is 1. The van der Waals surface area contributed by atoms with Gasteiger partial charge in [0.15, 0.2) is 0 Å². The van der Waals surface area contributed by atoms with Crippen LogP contribution in [-0.2, 0) is 5.60 Å². The first-order valence-electron chi connectivity index (χ1n) is 10.8. The molecule has 150 valence electrons. The summed E-state index contributed by atoms with van der Waals surface area (Å²) in [5, 5.41) is 12.3. The molecule has 0 amide bonds. The third-order valence-corrected chi connectivity index (χ3v) is 7.11. The minimum absolute atomic E-state index is 0.225. The van der Waals surface area contributed by atoms with Crippen molar-refractivity contribution in [3.05, 3.63) is 65.0 Å². The minimum atomic E-state index is -1.03. The maximum absolute atomic E-state index is 12.3. The Kier molecular flexibility index (Phi) is 5.09. The summed E-state index contributed by atoms with van der Waals surface area (Å²) >= 11 is 0. The number of aliphatic hydroxyl groups is 1. The van der Waals surface area contributed by atoms with E-state index >= 15 is 0 Å². The third-order valence-electron chi connectivity index (χ3n) is 7.11. The lowest BCUT2D eigenvalue weighted by atomic mass is 9.62. The molecule has 2 aromatic rings. The van der Waals surface area contributed by atoms with Crippen LogP contribution in [0.4, 0.5) is 0 Å². The number of nitrogens with zero attached hydrogens (tertiary/aromatic N) is 2. The van der Waals surface area contributed by atoms with Crippen LogP contribution in [0.3, 0.4) is 0 Å².